The van der Waals surface area contributed by atoms with Crippen LogP contribution in [0.15, 0.2) is 73.2 Å². The maximum atomic E-state index is 13.0. The fourth-order valence-electron chi connectivity index (χ4n) is 3.65. The predicted octanol–water partition coefficient (Wildman–Crippen LogP) is -0.0647. The van der Waals surface area contributed by atoms with Crippen LogP contribution in [0.25, 0.3) is 0 Å². The molecule has 7 N–H and O–H groups in total. The molecule has 3 rings (SSSR count). The molecule has 0 aliphatic rings. The lowest BCUT2D eigenvalue weighted by Gasteiger charge is -2.21. The summed E-state index contributed by atoms with van der Waals surface area (Å²) in [6.45, 7) is -0.469. The highest BCUT2D eigenvalue weighted by molar-refractivity contribution is 5.92. The molecule has 0 spiro atoms. The number of aliphatic carboxylic acids is 1. The summed E-state index contributed by atoms with van der Waals surface area (Å²) >= 11 is 0. The first-order chi connectivity index (χ1) is 17.8. The van der Waals surface area contributed by atoms with Crippen molar-refractivity contribution in [3.05, 3.63) is 90.0 Å². The van der Waals surface area contributed by atoms with E-state index in [4.69, 9.17) is 5.73 Å². The lowest BCUT2D eigenvalue weighted by molar-refractivity contribution is -0.141. The van der Waals surface area contributed by atoms with E-state index in [1.54, 1.807) is 0 Å². The minimum absolute atomic E-state index is 0.00100. The SMILES string of the molecule is NC(Cc1ccccc1)C(=O)NC(Cc1ccccc1)C(=O)NCC(=O)NC(Cc1cnc[nH]1)C(=O)O. The van der Waals surface area contributed by atoms with Gasteiger partial charge >= 0.3 is 5.97 Å². The van der Waals surface area contributed by atoms with Crippen molar-refractivity contribution in [3.63, 3.8) is 0 Å². The molecule has 3 amide bonds. The Hall–Kier alpha value is -4.51. The highest BCUT2D eigenvalue weighted by atomic mass is 16.4. The van der Waals surface area contributed by atoms with Crippen molar-refractivity contribution < 1.29 is 24.3 Å². The number of carboxylic acid groups (broad SMARTS) is 1. The summed E-state index contributed by atoms with van der Waals surface area (Å²) in [7, 11) is 0. The number of carbonyl (C=O) groups is 4. The predicted molar refractivity (Wildman–Crippen MR) is 135 cm³/mol. The average molecular weight is 507 g/mol. The Kier molecular flexibility index (Phi) is 9.91. The lowest BCUT2D eigenvalue weighted by Crippen LogP contribution is -2.54. The van der Waals surface area contributed by atoms with Crippen LogP contribution in [0.3, 0.4) is 0 Å². The van der Waals surface area contributed by atoms with E-state index >= 15 is 0 Å². The minimum Gasteiger partial charge on any atom is -0.480 e. The molecule has 0 bridgehead atoms. The van der Waals surface area contributed by atoms with E-state index in [0.29, 0.717) is 12.1 Å². The molecule has 0 aliphatic heterocycles. The van der Waals surface area contributed by atoms with Gasteiger partial charge in [0.2, 0.25) is 17.7 Å². The number of benzene rings is 2. The largest absolute Gasteiger partial charge is 0.480 e. The fraction of sp³-hybridized carbons (Fsp3) is 0.269. The van der Waals surface area contributed by atoms with Crippen LogP contribution in [-0.2, 0) is 38.4 Å². The lowest BCUT2D eigenvalue weighted by atomic mass is 10.0. The molecule has 0 fully saturated rings. The molecular formula is C26H30N6O5. The molecule has 0 saturated carbocycles. The number of hydrogen-bond donors (Lipinski definition) is 6. The number of hydrogen-bond acceptors (Lipinski definition) is 6. The third kappa shape index (κ3) is 8.89. The number of imidazole rings is 1. The van der Waals surface area contributed by atoms with Crippen LogP contribution in [0.1, 0.15) is 16.8 Å². The summed E-state index contributed by atoms with van der Waals surface area (Å²) in [5.41, 5.74) is 8.30. The van der Waals surface area contributed by atoms with Crippen LogP contribution in [0.4, 0.5) is 0 Å². The van der Waals surface area contributed by atoms with Crippen molar-refractivity contribution in [2.45, 2.75) is 37.4 Å². The normalized spacial score (nSPS) is 13.1. The van der Waals surface area contributed by atoms with Gasteiger partial charge in [0, 0.05) is 24.7 Å². The number of carbonyl (C=O) groups excluding carboxylic acids is 3. The highest BCUT2D eigenvalue weighted by Gasteiger charge is 2.26. The van der Waals surface area contributed by atoms with Crippen LogP contribution in [0, 0.1) is 0 Å². The second kappa shape index (κ2) is 13.5. The van der Waals surface area contributed by atoms with Crippen molar-refractivity contribution in [1.82, 2.24) is 25.9 Å². The van der Waals surface area contributed by atoms with Gasteiger partial charge in [0.05, 0.1) is 18.9 Å². The second-order valence-corrected chi connectivity index (χ2v) is 8.50. The van der Waals surface area contributed by atoms with Gasteiger partial charge in [0.15, 0.2) is 0 Å². The third-order valence-electron chi connectivity index (χ3n) is 5.59. The number of nitrogens with zero attached hydrogens (tertiary/aromatic N) is 1. The highest BCUT2D eigenvalue weighted by Crippen LogP contribution is 2.06. The molecule has 2 aromatic carbocycles. The van der Waals surface area contributed by atoms with E-state index < -0.39 is 48.4 Å². The Morgan fingerprint density at radius 3 is 2.03 bits per heavy atom. The van der Waals surface area contributed by atoms with E-state index in [1.165, 1.54) is 12.5 Å². The van der Waals surface area contributed by atoms with Gasteiger partial charge in [0.1, 0.15) is 12.1 Å². The smallest absolute Gasteiger partial charge is 0.326 e. The standard InChI is InChI=1S/C26H30N6O5/c27-20(11-17-7-3-1-4-8-17)24(34)32-21(12-18-9-5-2-6-10-18)25(35)29-15-23(33)31-22(26(36)37)13-19-14-28-16-30-19/h1-10,14,16,20-22H,11-13,15,27H2,(H,28,30)(H,29,35)(H,31,33)(H,32,34)(H,36,37). The quantitative estimate of drug-likeness (QED) is 0.188. The Morgan fingerprint density at radius 2 is 1.46 bits per heavy atom. The molecule has 3 aromatic rings. The van der Waals surface area contributed by atoms with Crippen molar-refractivity contribution in [3.8, 4) is 0 Å². The van der Waals surface area contributed by atoms with E-state index in [2.05, 4.69) is 25.9 Å². The van der Waals surface area contributed by atoms with Crippen molar-refractivity contribution in [2.75, 3.05) is 6.54 Å². The number of nitrogens with two attached hydrogens (primary N) is 1. The summed E-state index contributed by atoms with van der Waals surface area (Å²) in [4.78, 5) is 56.3. The number of aromatic nitrogens is 2. The number of nitrogens with one attached hydrogen (secondary N) is 4. The molecular weight excluding hydrogens is 476 g/mol. The number of rotatable bonds is 13. The molecule has 3 atom stereocenters. The first-order valence-electron chi connectivity index (χ1n) is 11.7. The summed E-state index contributed by atoms with van der Waals surface area (Å²) in [6, 6.07) is 15.3. The zero-order valence-corrected chi connectivity index (χ0v) is 20.1. The molecule has 11 nitrogen and oxygen atoms in total. The number of amides is 3. The topological polar surface area (TPSA) is 179 Å². The summed E-state index contributed by atoms with van der Waals surface area (Å²) in [6.07, 6.45) is 3.34. The van der Waals surface area contributed by atoms with Gasteiger partial charge < -0.3 is 31.8 Å². The average Bonchev–Trinajstić information content (AvgIpc) is 3.41. The molecule has 0 aliphatic carbocycles. The molecule has 1 heterocycles. The third-order valence-corrected chi connectivity index (χ3v) is 5.59. The van der Waals surface area contributed by atoms with Gasteiger partial charge in [-0.05, 0) is 17.5 Å². The molecule has 0 saturated heterocycles. The summed E-state index contributed by atoms with van der Waals surface area (Å²) in [5.74, 6) is -3.02. The zero-order chi connectivity index (χ0) is 26.6. The maximum Gasteiger partial charge on any atom is 0.326 e. The Bertz CT molecular complexity index is 1170. The van der Waals surface area contributed by atoms with Crippen LogP contribution in [0.5, 0.6) is 0 Å². The van der Waals surface area contributed by atoms with E-state index in [0.717, 1.165) is 11.1 Å². The number of carboxylic acids is 1. The van der Waals surface area contributed by atoms with Gasteiger partial charge in [-0.1, -0.05) is 60.7 Å². The first kappa shape index (κ1) is 27.1. The Balaban J connectivity index is 1.60. The van der Waals surface area contributed by atoms with Crippen LogP contribution in [0.2, 0.25) is 0 Å². The number of H-pyrrole nitrogens is 1. The van der Waals surface area contributed by atoms with Gasteiger partial charge in [-0.3, -0.25) is 14.4 Å². The summed E-state index contributed by atoms with van der Waals surface area (Å²) < 4.78 is 0. The van der Waals surface area contributed by atoms with Gasteiger partial charge in [-0.25, -0.2) is 9.78 Å². The molecule has 0 radical (unpaired) electrons. The van der Waals surface area contributed by atoms with E-state index in [9.17, 15) is 24.3 Å². The zero-order valence-electron chi connectivity index (χ0n) is 20.1. The monoisotopic (exact) mass is 506 g/mol. The van der Waals surface area contributed by atoms with Crippen LogP contribution >= 0.6 is 0 Å². The van der Waals surface area contributed by atoms with Crippen LogP contribution in [-0.4, -0.2) is 63.4 Å². The minimum atomic E-state index is -1.23. The van der Waals surface area contributed by atoms with Crippen molar-refractivity contribution in [2.24, 2.45) is 5.73 Å². The molecule has 37 heavy (non-hydrogen) atoms. The molecule has 1 aromatic heterocycles. The Morgan fingerprint density at radius 1 is 0.838 bits per heavy atom. The molecule has 3 unspecified atom stereocenters. The summed E-state index contributed by atoms with van der Waals surface area (Å²) in [5, 5.41) is 17.0. The fourth-order valence-corrected chi connectivity index (χ4v) is 3.65. The van der Waals surface area contributed by atoms with Crippen molar-refractivity contribution >= 4 is 23.7 Å². The maximum absolute atomic E-state index is 13.0. The van der Waals surface area contributed by atoms with Gasteiger partial charge in [-0.2, -0.15) is 0 Å². The first-order valence-corrected chi connectivity index (χ1v) is 11.7. The number of aromatic amines is 1. The Labute approximate surface area is 213 Å². The van der Waals surface area contributed by atoms with Crippen LogP contribution < -0.4 is 21.7 Å². The van der Waals surface area contributed by atoms with Gasteiger partial charge in [-0.15, -0.1) is 0 Å². The van der Waals surface area contributed by atoms with E-state index in [-0.39, 0.29) is 12.8 Å². The van der Waals surface area contributed by atoms with E-state index in [1.807, 2.05) is 60.7 Å². The molecule has 11 heteroatoms. The second-order valence-electron chi connectivity index (χ2n) is 8.50. The van der Waals surface area contributed by atoms with Crippen molar-refractivity contribution in [1.29, 1.82) is 0 Å². The molecule has 194 valence electrons. The van der Waals surface area contributed by atoms with Gasteiger partial charge in [0.25, 0.3) is 0 Å².